The van der Waals surface area contributed by atoms with Crippen LogP contribution in [0.1, 0.15) is 66.3 Å². The average Bonchev–Trinajstić information content (AvgIpc) is 3.55. The van der Waals surface area contributed by atoms with Gasteiger partial charge in [0, 0.05) is 46.2 Å². The summed E-state index contributed by atoms with van der Waals surface area (Å²) < 4.78 is 2.98. The Morgan fingerprint density at radius 1 is 1.05 bits per heavy atom. The van der Waals surface area contributed by atoms with Crippen LogP contribution in [0.2, 0.25) is 5.02 Å². The van der Waals surface area contributed by atoms with Crippen molar-refractivity contribution in [2.45, 2.75) is 52.0 Å². The number of hydrogen-bond donors (Lipinski definition) is 2. The Bertz CT molecular complexity index is 1520. The fourth-order valence-electron chi connectivity index (χ4n) is 5.49. The molecule has 2 amide bonds. The number of carbonyl (C=O) groups is 2. The van der Waals surface area contributed by atoms with Crippen LogP contribution in [0.25, 0.3) is 11.0 Å². The van der Waals surface area contributed by atoms with Crippen molar-refractivity contribution in [1.29, 1.82) is 0 Å². The third-order valence-electron chi connectivity index (χ3n) is 7.97. The largest absolute Gasteiger partial charge is 0.352 e. The number of hydrogen-bond acceptors (Lipinski definition) is 3. The highest BCUT2D eigenvalue weighted by molar-refractivity contribution is 9.10. The maximum atomic E-state index is 13.0. The van der Waals surface area contributed by atoms with Crippen LogP contribution < -0.4 is 10.6 Å². The maximum absolute atomic E-state index is 13.0. The van der Waals surface area contributed by atoms with Crippen molar-refractivity contribution in [3.63, 3.8) is 0 Å². The molecule has 1 fully saturated rings. The first kappa shape index (κ1) is 27.4. The van der Waals surface area contributed by atoms with E-state index in [1.54, 1.807) is 0 Å². The number of aryl methyl sites for hydroxylation is 1. The van der Waals surface area contributed by atoms with Crippen molar-refractivity contribution in [1.82, 2.24) is 14.9 Å². The van der Waals surface area contributed by atoms with Gasteiger partial charge in [-0.3, -0.25) is 9.59 Å². The Hall–Kier alpha value is -3.16. The van der Waals surface area contributed by atoms with E-state index in [4.69, 9.17) is 16.6 Å². The molecule has 0 aliphatic heterocycles. The van der Waals surface area contributed by atoms with Gasteiger partial charge in [0.1, 0.15) is 5.82 Å². The van der Waals surface area contributed by atoms with Gasteiger partial charge >= 0.3 is 0 Å². The zero-order valence-corrected chi connectivity index (χ0v) is 24.5. The molecule has 0 saturated heterocycles. The lowest BCUT2D eigenvalue weighted by Crippen LogP contribution is -2.38. The molecule has 39 heavy (non-hydrogen) atoms. The lowest BCUT2D eigenvalue weighted by Gasteiger charge is -2.26. The lowest BCUT2D eigenvalue weighted by molar-refractivity contribution is -0.131. The molecule has 8 heteroatoms. The molecule has 5 rings (SSSR count). The van der Waals surface area contributed by atoms with Crippen LogP contribution >= 0.6 is 27.5 Å². The Balaban J connectivity index is 1.31. The second-order valence-corrected chi connectivity index (χ2v) is 11.7. The van der Waals surface area contributed by atoms with Gasteiger partial charge in [0.25, 0.3) is 5.91 Å². The van der Waals surface area contributed by atoms with Crippen LogP contribution in [0.5, 0.6) is 0 Å². The van der Waals surface area contributed by atoms with Gasteiger partial charge in [0.15, 0.2) is 0 Å². The van der Waals surface area contributed by atoms with E-state index in [0.717, 1.165) is 70.2 Å². The Morgan fingerprint density at radius 3 is 2.51 bits per heavy atom. The molecule has 1 aromatic heterocycles. The molecule has 4 aromatic rings. The molecule has 1 saturated carbocycles. The normalized spacial score (nSPS) is 14.5. The fraction of sp³-hybridized carbons (Fsp3) is 0.323. The van der Waals surface area contributed by atoms with Gasteiger partial charge in [-0.25, -0.2) is 4.98 Å². The molecule has 0 atom stereocenters. The van der Waals surface area contributed by atoms with E-state index >= 15 is 0 Å². The summed E-state index contributed by atoms with van der Waals surface area (Å²) in [5.41, 5.74) is 4.69. The van der Waals surface area contributed by atoms with Gasteiger partial charge in [0.2, 0.25) is 5.91 Å². The van der Waals surface area contributed by atoms with Crippen LogP contribution in [0.3, 0.4) is 0 Å². The van der Waals surface area contributed by atoms with Crippen LogP contribution in [0, 0.1) is 5.41 Å². The quantitative estimate of drug-likeness (QED) is 0.219. The average molecular weight is 608 g/mol. The van der Waals surface area contributed by atoms with E-state index in [1.165, 1.54) is 0 Å². The molecule has 1 aliphatic carbocycles. The number of benzene rings is 3. The Kier molecular flexibility index (Phi) is 8.10. The smallest absolute Gasteiger partial charge is 0.255 e. The third-order valence-corrected chi connectivity index (χ3v) is 8.87. The van der Waals surface area contributed by atoms with Gasteiger partial charge in [-0.15, -0.1) is 0 Å². The second-order valence-electron chi connectivity index (χ2n) is 10.4. The summed E-state index contributed by atoms with van der Waals surface area (Å²) in [6.45, 7) is 2.59. The van der Waals surface area contributed by atoms with Gasteiger partial charge in [0.05, 0.1) is 11.0 Å². The summed E-state index contributed by atoms with van der Waals surface area (Å²) >= 11 is 9.99. The third kappa shape index (κ3) is 5.89. The summed E-state index contributed by atoms with van der Waals surface area (Å²) in [6, 6.07) is 18.9. The monoisotopic (exact) mass is 606 g/mol. The number of fused-ring (bicyclic) bond motifs is 1. The summed E-state index contributed by atoms with van der Waals surface area (Å²) in [7, 11) is 1.97. The van der Waals surface area contributed by atoms with E-state index < -0.39 is 0 Å². The number of aromatic nitrogens is 2. The minimum Gasteiger partial charge on any atom is -0.352 e. The summed E-state index contributed by atoms with van der Waals surface area (Å²) in [5.74, 6) is 0.815. The molecule has 3 aromatic carbocycles. The predicted molar refractivity (Wildman–Crippen MR) is 160 cm³/mol. The number of rotatable bonds is 8. The summed E-state index contributed by atoms with van der Waals surface area (Å²) in [6.07, 6.45) is 5.61. The van der Waals surface area contributed by atoms with Crippen molar-refractivity contribution in [3.05, 3.63) is 92.7 Å². The number of nitrogens with zero attached hydrogens (tertiary/aromatic N) is 2. The zero-order chi connectivity index (χ0) is 27.6. The minimum atomic E-state index is -0.212. The molecule has 202 valence electrons. The van der Waals surface area contributed by atoms with Gasteiger partial charge in [-0.05, 0) is 78.9 Å². The van der Waals surface area contributed by atoms with Crippen molar-refractivity contribution in [2.75, 3.05) is 5.32 Å². The first-order valence-electron chi connectivity index (χ1n) is 13.4. The highest BCUT2D eigenvalue weighted by Gasteiger charge is 2.39. The number of anilines is 1. The zero-order valence-electron chi connectivity index (χ0n) is 22.2. The topological polar surface area (TPSA) is 76.0 Å². The minimum absolute atomic E-state index is 0.161. The standard InChI is InChI=1S/C31H32BrClN4O2/c1-3-31(14-4-5-15-31)30(39)34-19-20-6-12-25(33)22(16-20)18-28-36-26-17-21(7-13-27(26)37(28)2)29(38)35-24-10-8-23(32)9-11-24/h6-13,16-17H,3-5,14-15,18-19H2,1-2H3,(H,34,39)(H,35,38). The number of amides is 2. The van der Waals surface area contributed by atoms with E-state index in [9.17, 15) is 9.59 Å². The van der Waals surface area contributed by atoms with Crippen LogP contribution in [-0.2, 0) is 24.8 Å². The summed E-state index contributed by atoms with van der Waals surface area (Å²) in [4.78, 5) is 30.6. The molecule has 1 aliphatic rings. The first-order chi connectivity index (χ1) is 18.8. The predicted octanol–water partition coefficient (Wildman–Crippen LogP) is 7.42. The molecule has 0 bridgehead atoms. The van der Waals surface area contributed by atoms with Crippen LogP contribution in [0.15, 0.2) is 65.1 Å². The number of carbonyl (C=O) groups excluding carboxylic acids is 2. The molecular formula is C31H32BrClN4O2. The van der Waals surface area contributed by atoms with Crippen molar-refractivity contribution in [3.8, 4) is 0 Å². The molecule has 6 nitrogen and oxygen atoms in total. The van der Waals surface area contributed by atoms with E-state index in [1.807, 2.05) is 72.3 Å². The van der Waals surface area contributed by atoms with Crippen molar-refractivity contribution >= 4 is 56.1 Å². The molecular weight excluding hydrogens is 576 g/mol. The van der Waals surface area contributed by atoms with Crippen LogP contribution in [-0.4, -0.2) is 21.4 Å². The van der Waals surface area contributed by atoms with Crippen molar-refractivity contribution < 1.29 is 9.59 Å². The lowest BCUT2D eigenvalue weighted by atomic mass is 9.82. The van der Waals surface area contributed by atoms with Gasteiger partial charge in [-0.1, -0.05) is 59.4 Å². The van der Waals surface area contributed by atoms with E-state index in [-0.39, 0.29) is 17.2 Å². The summed E-state index contributed by atoms with van der Waals surface area (Å²) in [5, 5.41) is 6.76. The highest BCUT2D eigenvalue weighted by Crippen LogP contribution is 2.41. The van der Waals surface area contributed by atoms with Gasteiger partial charge < -0.3 is 15.2 Å². The Morgan fingerprint density at radius 2 is 1.79 bits per heavy atom. The van der Waals surface area contributed by atoms with E-state index in [2.05, 4.69) is 33.5 Å². The molecule has 0 radical (unpaired) electrons. The van der Waals surface area contributed by atoms with Crippen LogP contribution in [0.4, 0.5) is 5.69 Å². The molecule has 0 spiro atoms. The first-order valence-corrected chi connectivity index (χ1v) is 14.5. The second kappa shape index (κ2) is 11.5. The molecule has 0 unspecified atom stereocenters. The van der Waals surface area contributed by atoms with E-state index in [0.29, 0.717) is 23.6 Å². The van der Waals surface area contributed by atoms with Gasteiger partial charge in [-0.2, -0.15) is 0 Å². The maximum Gasteiger partial charge on any atom is 0.255 e. The Labute approximate surface area is 242 Å². The highest BCUT2D eigenvalue weighted by atomic mass is 79.9. The number of imidazole rings is 1. The fourth-order valence-corrected chi connectivity index (χ4v) is 5.94. The van der Waals surface area contributed by atoms with Crippen molar-refractivity contribution in [2.24, 2.45) is 12.5 Å². The molecule has 2 N–H and O–H groups in total. The number of nitrogens with one attached hydrogen (secondary N) is 2. The SMILES string of the molecule is CCC1(C(=O)NCc2ccc(Cl)c(Cc3nc4cc(C(=O)Nc5ccc(Br)cc5)ccc4n3C)c2)CCCC1. The molecule has 1 heterocycles. The number of halogens is 2.